The monoisotopic (exact) mass is 409 g/mol. The van der Waals surface area contributed by atoms with Gasteiger partial charge in [0.15, 0.2) is 0 Å². The molecule has 0 saturated heterocycles. The summed E-state index contributed by atoms with van der Waals surface area (Å²) in [5.74, 6) is -0.533. The molecule has 7 heteroatoms. The van der Waals surface area contributed by atoms with Crippen molar-refractivity contribution in [1.29, 1.82) is 0 Å². The summed E-state index contributed by atoms with van der Waals surface area (Å²) < 4.78 is 0. The van der Waals surface area contributed by atoms with Crippen molar-refractivity contribution < 1.29 is 19.3 Å². The molecule has 158 valence electrons. The number of likely N-dealkylation sites (N-methyl/N-ethyl adjacent to an activating group) is 1. The molecule has 7 nitrogen and oxygen atoms in total. The van der Waals surface area contributed by atoms with Crippen molar-refractivity contribution in [2.45, 2.75) is 25.0 Å². The molecule has 2 amide bonds. The molecule has 1 heterocycles. The van der Waals surface area contributed by atoms with Crippen LogP contribution in [-0.4, -0.2) is 56.9 Å². The van der Waals surface area contributed by atoms with E-state index in [9.17, 15) is 9.59 Å². The van der Waals surface area contributed by atoms with Crippen LogP contribution in [-0.2, 0) is 20.8 Å². The smallest absolute Gasteiger partial charge is 0.265 e. The molecule has 0 fully saturated rings. The fraction of sp³-hybridized carbons (Fsp3) is 0.348. The number of hydrogen-bond donors (Lipinski definition) is 3. The van der Waals surface area contributed by atoms with Gasteiger partial charge in [0.1, 0.15) is 6.04 Å². The van der Waals surface area contributed by atoms with Crippen molar-refractivity contribution in [2.24, 2.45) is 5.16 Å². The molecule has 3 rings (SSSR count). The Morgan fingerprint density at radius 2 is 1.77 bits per heavy atom. The van der Waals surface area contributed by atoms with Crippen LogP contribution in [0.25, 0.3) is 0 Å². The standard InChI is InChI=1S/C23H28N4O3/c1-27(2)14-13-24-22(28)20(15-17-9-5-3-6-10-17)25-23(29)21-16-19(26-30-21)18-11-7-4-8-12-18/h3-12,20-21H,13-16H2,1-2H3,(H,24,28)(H,25,29)/p+1/t20-,21+/m1/s1. The van der Waals surface area contributed by atoms with Crippen LogP contribution in [0.15, 0.2) is 65.8 Å². The average molecular weight is 410 g/mol. The van der Waals surface area contributed by atoms with Crippen molar-refractivity contribution in [3.63, 3.8) is 0 Å². The van der Waals surface area contributed by atoms with Gasteiger partial charge in [-0.25, -0.2) is 0 Å². The lowest BCUT2D eigenvalue weighted by Crippen LogP contribution is -3.06. The number of carbonyl (C=O) groups is 2. The summed E-state index contributed by atoms with van der Waals surface area (Å²) in [5.41, 5.74) is 2.64. The molecule has 3 N–H and O–H groups in total. The zero-order valence-corrected chi connectivity index (χ0v) is 17.4. The first-order chi connectivity index (χ1) is 14.5. The Bertz CT molecular complexity index is 869. The second kappa shape index (κ2) is 10.5. The summed E-state index contributed by atoms with van der Waals surface area (Å²) in [6.07, 6.45) is 0.0452. The van der Waals surface area contributed by atoms with Crippen LogP contribution in [0.5, 0.6) is 0 Å². The van der Waals surface area contributed by atoms with Gasteiger partial charge in [0.2, 0.25) is 12.0 Å². The molecule has 1 aliphatic rings. The number of carbonyl (C=O) groups excluding carboxylic acids is 2. The van der Waals surface area contributed by atoms with E-state index < -0.39 is 12.1 Å². The summed E-state index contributed by atoms with van der Waals surface area (Å²) in [6, 6.07) is 18.6. The summed E-state index contributed by atoms with van der Waals surface area (Å²) in [6.45, 7) is 1.35. The van der Waals surface area contributed by atoms with Crippen molar-refractivity contribution in [3.8, 4) is 0 Å². The Morgan fingerprint density at radius 3 is 2.43 bits per heavy atom. The molecule has 0 unspecified atom stereocenters. The molecule has 2 aromatic rings. The topological polar surface area (TPSA) is 84.2 Å². The number of rotatable bonds is 9. The van der Waals surface area contributed by atoms with Crippen molar-refractivity contribution in [3.05, 3.63) is 71.8 Å². The van der Waals surface area contributed by atoms with Gasteiger partial charge in [0.05, 0.1) is 32.9 Å². The van der Waals surface area contributed by atoms with Crippen LogP contribution in [0.3, 0.4) is 0 Å². The van der Waals surface area contributed by atoms with E-state index in [-0.39, 0.29) is 11.8 Å². The van der Waals surface area contributed by atoms with Crippen molar-refractivity contribution in [2.75, 3.05) is 27.2 Å². The van der Waals surface area contributed by atoms with E-state index in [0.29, 0.717) is 19.4 Å². The number of quaternary nitrogens is 1. The predicted octanol–water partition coefficient (Wildman–Crippen LogP) is 0.168. The van der Waals surface area contributed by atoms with Crippen LogP contribution < -0.4 is 15.5 Å². The van der Waals surface area contributed by atoms with Crippen LogP contribution in [0.4, 0.5) is 0 Å². The zero-order valence-electron chi connectivity index (χ0n) is 17.4. The van der Waals surface area contributed by atoms with Gasteiger partial charge in [-0.3, -0.25) is 9.59 Å². The fourth-order valence-corrected chi connectivity index (χ4v) is 3.20. The number of amides is 2. The molecular formula is C23H29N4O3+. The summed E-state index contributed by atoms with van der Waals surface area (Å²) in [5, 5.41) is 9.85. The first kappa shape index (κ1) is 21.5. The fourth-order valence-electron chi connectivity index (χ4n) is 3.20. The summed E-state index contributed by atoms with van der Waals surface area (Å²) in [4.78, 5) is 32.2. The number of oxime groups is 1. The normalized spacial score (nSPS) is 16.5. The Morgan fingerprint density at radius 1 is 1.10 bits per heavy atom. The molecule has 1 aliphatic heterocycles. The Hall–Kier alpha value is -3.19. The van der Waals surface area contributed by atoms with Crippen LogP contribution in [0.2, 0.25) is 0 Å². The van der Waals surface area contributed by atoms with Gasteiger partial charge in [-0.1, -0.05) is 65.8 Å². The molecule has 0 saturated carbocycles. The minimum absolute atomic E-state index is 0.198. The maximum atomic E-state index is 12.8. The molecule has 0 spiro atoms. The third-order valence-electron chi connectivity index (χ3n) is 4.91. The maximum absolute atomic E-state index is 12.8. The second-order valence-electron chi connectivity index (χ2n) is 7.70. The largest absolute Gasteiger partial charge is 0.382 e. The molecular weight excluding hydrogens is 380 g/mol. The lowest BCUT2D eigenvalue weighted by Gasteiger charge is -2.20. The minimum Gasteiger partial charge on any atom is -0.382 e. The van der Waals surface area contributed by atoms with E-state index >= 15 is 0 Å². The lowest BCUT2D eigenvalue weighted by molar-refractivity contribution is -0.856. The van der Waals surface area contributed by atoms with Crippen molar-refractivity contribution in [1.82, 2.24) is 10.6 Å². The molecule has 0 radical (unpaired) electrons. The summed E-state index contributed by atoms with van der Waals surface area (Å²) in [7, 11) is 4.05. The Kier molecular flexibility index (Phi) is 7.57. The average Bonchev–Trinajstić information content (AvgIpc) is 3.25. The quantitative estimate of drug-likeness (QED) is 0.552. The van der Waals surface area contributed by atoms with Gasteiger partial charge in [-0.05, 0) is 11.1 Å². The zero-order chi connectivity index (χ0) is 21.3. The highest BCUT2D eigenvalue weighted by molar-refractivity contribution is 6.04. The Balaban J connectivity index is 1.62. The molecule has 0 aromatic heterocycles. The van der Waals surface area contributed by atoms with E-state index in [1.165, 1.54) is 4.90 Å². The third kappa shape index (κ3) is 6.15. The molecule has 2 atom stereocenters. The van der Waals surface area contributed by atoms with Gasteiger partial charge < -0.3 is 20.4 Å². The van der Waals surface area contributed by atoms with Gasteiger partial charge in [-0.2, -0.15) is 0 Å². The number of hydrogen-bond acceptors (Lipinski definition) is 4. The molecule has 30 heavy (non-hydrogen) atoms. The Labute approximate surface area is 177 Å². The maximum Gasteiger partial charge on any atom is 0.265 e. The lowest BCUT2D eigenvalue weighted by atomic mass is 10.0. The van der Waals surface area contributed by atoms with Gasteiger partial charge in [-0.15, -0.1) is 0 Å². The van der Waals surface area contributed by atoms with E-state index in [0.717, 1.165) is 23.4 Å². The van der Waals surface area contributed by atoms with Crippen LogP contribution >= 0.6 is 0 Å². The predicted molar refractivity (Wildman–Crippen MR) is 115 cm³/mol. The first-order valence-corrected chi connectivity index (χ1v) is 10.2. The SMILES string of the molecule is C[NH+](C)CCNC(=O)[C@@H](Cc1ccccc1)NC(=O)[C@@H]1CC(c2ccccc2)=NO1. The van der Waals surface area contributed by atoms with E-state index in [1.807, 2.05) is 74.8 Å². The van der Waals surface area contributed by atoms with E-state index in [4.69, 9.17) is 4.84 Å². The van der Waals surface area contributed by atoms with Gasteiger partial charge in [0, 0.05) is 12.8 Å². The van der Waals surface area contributed by atoms with Crippen molar-refractivity contribution >= 4 is 17.5 Å². The highest BCUT2D eigenvalue weighted by Crippen LogP contribution is 2.17. The number of benzene rings is 2. The third-order valence-corrected chi connectivity index (χ3v) is 4.91. The number of nitrogens with one attached hydrogen (secondary N) is 3. The van der Waals surface area contributed by atoms with E-state index in [1.54, 1.807) is 0 Å². The van der Waals surface area contributed by atoms with Gasteiger partial charge in [0.25, 0.3) is 5.91 Å². The molecule has 0 bridgehead atoms. The second-order valence-corrected chi connectivity index (χ2v) is 7.70. The first-order valence-electron chi connectivity index (χ1n) is 10.2. The van der Waals surface area contributed by atoms with Gasteiger partial charge >= 0.3 is 0 Å². The van der Waals surface area contributed by atoms with Crippen LogP contribution in [0, 0.1) is 0 Å². The van der Waals surface area contributed by atoms with Crippen LogP contribution in [0.1, 0.15) is 17.5 Å². The van der Waals surface area contributed by atoms with E-state index in [2.05, 4.69) is 15.8 Å². The summed E-state index contributed by atoms with van der Waals surface area (Å²) >= 11 is 0. The minimum atomic E-state index is -0.738. The highest BCUT2D eigenvalue weighted by Gasteiger charge is 2.32. The molecule has 0 aliphatic carbocycles. The number of nitrogens with zero attached hydrogens (tertiary/aromatic N) is 1. The highest BCUT2D eigenvalue weighted by atomic mass is 16.6. The molecule has 2 aromatic carbocycles.